The number of ether oxygens (including phenoxy) is 2. The molecule has 1 saturated heterocycles. The first kappa shape index (κ1) is 19.5. The zero-order valence-corrected chi connectivity index (χ0v) is 17.3. The van der Waals surface area contributed by atoms with Crippen molar-refractivity contribution in [2.45, 2.75) is 18.8 Å². The molecule has 2 aromatic carbocycles. The molecule has 0 saturated carbocycles. The molecule has 0 radical (unpaired) electrons. The first-order valence-electron chi connectivity index (χ1n) is 9.76. The molecular weight excluding hydrogens is 384 g/mol. The highest BCUT2D eigenvalue weighted by atomic mass is 32.1. The number of amides is 1. The number of aromatic nitrogens is 1. The van der Waals surface area contributed by atoms with E-state index >= 15 is 0 Å². The van der Waals surface area contributed by atoms with E-state index in [0.717, 1.165) is 31.4 Å². The quantitative estimate of drug-likeness (QED) is 0.545. The Kier molecular flexibility index (Phi) is 5.81. The summed E-state index contributed by atoms with van der Waals surface area (Å²) in [4.78, 5) is 19.7. The third-order valence-corrected chi connectivity index (χ3v) is 6.41. The molecule has 0 spiro atoms. The van der Waals surface area contributed by atoms with Gasteiger partial charge >= 0.3 is 0 Å². The van der Waals surface area contributed by atoms with Crippen LogP contribution < -0.4 is 9.47 Å². The van der Waals surface area contributed by atoms with Gasteiger partial charge in [0.1, 0.15) is 6.61 Å². The van der Waals surface area contributed by atoms with Crippen LogP contribution >= 0.6 is 11.3 Å². The maximum Gasteiger partial charge on any atom is 0.253 e. The summed E-state index contributed by atoms with van der Waals surface area (Å²) in [6.07, 6.45) is 3.54. The van der Waals surface area contributed by atoms with Gasteiger partial charge in [-0.25, -0.2) is 4.98 Å². The molecule has 5 nitrogen and oxygen atoms in total. The van der Waals surface area contributed by atoms with Crippen molar-refractivity contribution < 1.29 is 14.3 Å². The minimum atomic E-state index is 0.0290. The van der Waals surface area contributed by atoms with Crippen LogP contribution in [0, 0.1) is 0 Å². The number of hydrogen-bond acceptors (Lipinski definition) is 5. The van der Waals surface area contributed by atoms with Gasteiger partial charge in [0, 0.05) is 24.6 Å². The lowest BCUT2D eigenvalue weighted by Gasteiger charge is -2.31. The number of carbonyl (C=O) groups excluding carboxylic acids is 1. The van der Waals surface area contributed by atoms with Crippen LogP contribution in [0.3, 0.4) is 0 Å². The first-order chi connectivity index (χ1) is 14.2. The highest BCUT2D eigenvalue weighted by Gasteiger charge is 2.27. The van der Waals surface area contributed by atoms with Crippen molar-refractivity contribution in [3.63, 3.8) is 0 Å². The number of rotatable bonds is 6. The third kappa shape index (κ3) is 4.12. The van der Waals surface area contributed by atoms with Crippen LogP contribution in [0.1, 0.15) is 34.1 Å². The van der Waals surface area contributed by atoms with Gasteiger partial charge in [0.15, 0.2) is 11.5 Å². The van der Waals surface area contributed by atoms with Gasteiger partial charge < -0.3 is 14.4 Å². The van der Waals surface area contributed by atoms with Crippen molar-refractivity contribution >= 4 is 27.5 Å². The maximum absolute atomic E-state index is 13.0. The molecule has 29 heavy (non-hydrogen) atoms. The monoisotopic (exact) mass is 408 g/mol. The topological polar surface area (TPSA) is 51.7 Å². The average molecular weight is 409 g/mol. The Balaban J connectivity index is 1.42. The second-order valence-corrected chi connectivity index (χ2v) is 8.11. The summed E-state index contributed by atoms with van der Waals surface area (Å²) < 4.78 is 12.2. The standard InChI is InChI=1S/C23H24N2O3S/c1-3-14-28-19-9-8-17(15-20(19)27-2)23(26)25-12-10-16(11-13-25)22-24-18-6-4-5-7-21(18)29-22/h3-9,15-16H,1,10-14H2,2H3. The van der Waals surface area contributed by atoms with Gasteiger partial charge in [-0.2, -0.15) is 0 Å². The molecule has 4 rings (SSSR count). The summed E-state index contributed by atoms with van der Waals surface area (Å²) in [5.74, 6) is 1.61. The molecule has 1 fully saturated rings. The van der Waals surface area contributed by atoms with E-state index < -0.39 is 0 Å². The number of thiazole rings is 1. The van der Waals surface area contributed by atoms with E-state index in [2.05, 4.69) is 18.7 Å². The van der Waals surface area contributed by atoms with Gasteiger partial charge in [-0.3, -0.25) is 4.79 Å². The van der Waals surface area contributed by atoms with Crippen molar-refractivity contribution in [3.8, 4) is 11.5 Å². The van der Waals surface area contributed by atoms with E-state index in [4.69, 9.17) is 14.5 Å². The lowest BCUT2D eigenvalue weighted by atomic mass is 9.97. The minimum absolute atomic E-state index is 0.0290. The van der Waals surface area contributed by atoms with Gasteiger partial charge in [-0.15, -0.1) is 11.3 Å². The maximum atomic E-state index is 13.0. The fourth-order valence-electron chi connectivity index (χ4n) is 3.65. The molecule has 0 N–H and O–H groups in total. The number of para-hydroxylation sites is 1. The number of nitrogens with zero attached hydrogens (tertiary/aromatic N) is 2. The molecular formula is C23H24N2O3S. The van der Waals surface area contributed by atoms with Crippen molar-refractivity contribution in [1.29, 1.82) is 0 Å². The highest BCUT2D eigenvalue weighted by molar-refractivity contribution is 7.18. The predicted molar refractivity (Wildman–Crippen MR) is 116 cm³/mol. The lowest BCUT2D eigenvalue weighted by Crippen LogP contribution is -2.37. The molecule has 3 aromatic rings. The number of hydrogen-bond donors (Lipinski definition) is 0. The third-order valence-electron chi connectivity index (χ3n) is 5.21. The predicted octanol–water partition coefficient (Wildman–Crippen LogP) is 4.89. The van der Waals surface area contributed by atoms with Crippen molar-refractivity contribution in [1.82, 2.24) is 9.88 Å². The van der Waals surface area contributed by atoms with Crippen LogP contribution in [-0.4, -0.2) is 42.6 Å². The summed E-state index contributed by atoms with van der Waals surface area (Å²) in [6.45, 7) is 5.51. The molecule has 0 unspecified atom stereocenters. The molecule has 1 aliphatic rings. The minimum Gasteiger partial charge on any atom is -0.493 e. The molecule has 1 aliphatic heterocycles. The molecule has 150 valence electrons. The van der Waals surface area contributed by atoms with Crippen molar-refractivity contribution in [2.24, 2.45) is 0 Å². The Bertz CT molecular complexity index is 989. The number of piperidine rings is 1. The van der Waals surface area contributed by atoms with Gasteiger partial charge in [0.2, 0.25) is 0 Å². The summed E-state index contributed by atoms with van der Waals surface area (Å²) >= 11 is 1.77. The smallest absolute Gasteiger partial charge is 0.253 e. The lowest BCUT2D eigenvalue weighted by molar-refractivity contribution is 0.0712. The molecule has 1 amide bonds. The van der Waals surface area contributed by atoms with Crippen LogP contribution in [0.2, 0.25) is 0 Å². The zero-order chi connectivity index (χ0) is 20.2. The Morgan fingerprint density at radius 3 is 2.76 bits per heavy atom. The fraction of sp³-hybridized carbons (Fsp3) is 0.304. The number of benzene rings is 2. The summed E-state index contributed by atoms with van der Waals surface area (Å²) in [5, 5.41) is 1.18. The van der Waals surface area contributed by atoms with E-state index in [1.54, 1.807) is 42.7 Å². The van der Waals surface area contributed by atoms with Crippen LogP contribution in [-0.2, 0) is 0 Å². The Labute approximate surface area is 174 Å². The average Bonchev–Trinajstić information content (AvgIpc) is 3.21. The molecule has 2 heterocycles. The molecule has 1 aromatic heterocycles. The van der Waals surface area contributed by atoms with Gasteiger partial charge in [-0.05, 0) is 43.2 Å². The van der Waals surface area contributed by atoms with Crippen molar-refractivity contribution in [3.05, 3.63) is 65.7 Å². The van der Waals surface area contributed by atoms with Crippen LogP contribution in [0.15, 0.2) is 55.1 Å². The van der Waals surface area contributed by atoms with Crippen LogP contribution in [0.5, 0.6) is 11.5 Å². The van der Waals surface area contributed by atoms with Crippen LogP contribution in [0.25, 0.3) is 10.2 Å². The van der Waals surface area contributed by atoms with Gasteiger partial charge in [-0.1, -0.05) is 24.8 Å². The van der Waals surface area contributed by atoms with E-state index in [1.165, 1.54) is 9.71 Å². The van der Waals surface area contributed by atoms with E-state index in [0.29, 0.717) is 29.6 Å². The second kappa shape index (κ2) is 8.66. The number of likely N-dealkylation sites (tertiary alicyclic amines) is 1. The van der Waals surface area contributed by atoms with Gasteiger partial charge in [0.25, 0.3) is 5.91 Å². The van der Waals surface area contributed by atoms with Crippen LogP contribution in [0.4, 0.5) is 0 Å². The highest BCUT2D eigenvalue weighted by Crippen LogP contribution is 2.34. The molecule has 0 bridgehead atoms. The van der Waals surface area contributed by atoms with Gasteiger partial charge in [0.05, 0.1) is 22.3 Å². The van der Waals surface area contributed by atoms with E-state index in [-0.39, 0.29) is 5.91 Å². The first-order valence-corrected chi connectivity index (χ1v) is 10.6. The number of carbonyl (C=O) groups is 1. The zero-order valence-electron chi connectivity index (χ0n) is 16.5. The Morgan fingerprint density at radius 1 is 1.24 bits per heavy atom. The summed E-state index contributed by atoms with van der Waals surface area (Å²) in [5.41, 5.74) is 1.68. The summed E-state index contributed by atoms with van der Waals surface area (Å²) in [7, 11) is 1.58. The number of methoxy groups -OCH3 is 1. The summed E-state index contributed by atoms with van der Waals surface area (Å²) in [6, 6.07) is 13.6. The van der Waals surface area contributed by atoms with Crippen molar-refractivity contribution in [2.75, 3.05) is 26.8 Å². The SMILES string of the molecule is C=CCOc1ccc(C(=O)N2CCC(c3nc4ccccc4s3)CC2)cc1OC. The largest absolute Gasteiger partial charge is 0.493 e. The normalized spacial score (nSPS) is 14.7. The Morgan fingerprint density at radius 2 is 2.03 bits per heavy atom. The van der Waals surface area contributed by atoms with E-state index in [1.807, 2.05) is 17.0 Å². The molecule has 6 heteroatoms. The van der Waals surface area contributed by atoms with E-state index in [9.17, 15) is 4.79 Å². The second-order valence-electron chi connectivity index (χ2n) is 7.05. The molecule has 0 atom stereocenters. The Hall–Kier alpha value is -2.86. The molecule has 0 aliphatic carbocycles. The fourth-order valence-corrected chi connectivity index (χ4v) is 4.78. The number of fused-ring (bicyclic) bond motifs is 1.